The maximum Gasteiger partial charge on any atom is 0.317 e. The number of cyclic esters (lactones) is 1. The third-order valence-electron chi connectivity index (χ3n) is 3.58. The van der Waals surface area contributed by atoms with Crippen LogP contribution in [0.2, 0.25) is 0 Å². The van der Waals surface area contributed by atoms with Crippen LogP contribution >= 0.6 is 0 Å². The van der Waals surface area contributed by atoms with E-state index in [0.29, 0.717) is 5.92 Å². The molecule has 2 rings (SSSR count). The summed E-state index contributed by atoms with van der Waals surface area (Å²) in [7, 11) is 1.72. The topological polar surface area (TPSA) is 35.5 Å². The van der Waals surface area contributed by atoms with Crippen LogP contribution in [0, 0.1) is 11.8 Å². The van der Waals surface area contributed by atoms with Gasteiger partial charge in [-0.25, -0.2) is 0 Å². The Morgan fingerprint density at radius 3 is 3.06 bits per heavy atom. The molecule has 0 fully saturated rings. The van der Waals surface area contributed by atoms with Gasteiger partial charge in [-0.3, -0.25) is 4.79 Å². The van der Waals surface area contributed by atoms with Crippen LogP contribution in [0.5, 0.6) is 0 Å². The van der Waals surface area contributed by atoms with Crippen LogP contribution in [0.3, 0.4) is 0 Å². The van der Waals surface area contributed by atoms with Gasteiger partial charge in [-0.1, -0.05) is 23.8 Å². The first-order valence-electron chi connectivity index (χ1n) is 6.53. The zero-order valence-electron chi connectivity index (χ0n) is 10.8. The lowest BCUT2D eigenvalue weighted by Crippen LogP contribution is -2.17. The molecule has 98 valence electrons. The molecular formula is C15H20O3. The molecule has 0 aromatic rings. The summed E-state index contributed by atoms with van der Waals surface area (Å²) in [6.07, 6.45) is 13.8. The smallest absolute Gasteiger partial charge is 0.317 e. The lowest BCUT2D eigenvalue weighted by molar-refractivity contribution is -0.139. The molecule has 1 aliphatic carbocycles. The van der Waals surface area contributed by atoms with Crippen molar-refractivity contribution in [2.24, 2.45) is 11.8 Å². The highest BCUT2D eigenvalue weighted by atomic mass is 16.5. The summed E-state index contributed by atoms with van der Waals surface area (Å²) in [5, 5.41) is 0. The number of esters is 1. The van der Waals surface area contributed by atoms with Crippen molar-refractivity contribution in [3.63, 3.8) is 0 Å². The highest BCUT2D eigenvalue weighted by Gasteiger charge is 2.27. The maximum atomic E-state index is 11.5. The van der Waals surface area contributed by atoms with Gasteiger partial charge in [0.1, 0.15) is 0 Å². The largest absolute Gasteiger partial charge is 0.434 e. The molecule has 18 heavy (non-hydrogen) atoms. The van der Waals surface area contributed by atoms with Gasteiger partial charge in [0, 0.05) is 13.7 Å². The standard InChI is InChI=1S/C15H20O3/c1-17-9-7-13(12-5-3-2-4-6-12)11-14-8-10-18-15(14)16/h2-3,5,8,10,13-14H,4,6-7,9,11H2,1H3. The average molecular weight is 248 g/mol. The molecule has 2 atom stereocenters. The van der Waals surface area contributed by atoms with Crippen LogP contribution in [0.15, 0.2) is 36.1 Å². The number of ether oxygens (including phenoxy) is 2. The zero-order chi connectivity index (χ0) is 12.8. The van der Waals surface area contributed by atoms with Gasteiger partial charge in [-0.05, 0) is 37.7 Å². The number of carbonyl (C=O) groups is 1. The van der Waals surface area contributed by atoms with E-state index in [-0.39, 0.29) is 11.9 Å². The predicted molar refractivity (Wildman–Crippen MR) is 69.8 cm³/mol. The minimum atomic E-state index is -0.121. The van der Waals surface area contributed by atoms with Gasteiger partial charge in [0.25, 0.3) is 0 Å². The van der Waals surface area contributed by atoms with Crippen molar-refractivity contribution in [2.45, 2.75) is 25.7 Å². The van der Waals surface area contributed by atoms with E-state index < -0.39 is 0 Å². The minimum Gasteiger partial charge on any atom is -0.434 e. The van der Waals surface area contributed by atoms with Crippen molar-refractivity contribution in [2.75, 3.05) is 13.7 Å². The van der Waals surface area contributed by atoms with E-state index in [0.717, 1.165) is 32.3 Å². The summed E-state index contributed by atoms with van der Waals surface area (Å²) in [6, 6.07) is 0. The van der Waals surface area contributed by atoms with Crippen LogP contribution < -0.4 is 0 Å². The van der Waals surface area contributed by atoms with Gasteiger partial charge in [-0.2, -0.15) is 0 Å². The predicted octanol–water partition coefficient (Wildman–Crippen LogP) is 2.99. The Hall–Kier alpha value is -1.35. The molecule has 0 aromatic carbocycles. The third kappa shape index (κ3) is 3.33. The Morgan fingerprint density at radius 2 is 2.44 bits per heavy atom. The molecule has 2 unspecified atom stereocenters. The Labute approximate surface area is 108 Å². The summed E-state index contributed by atoms with van der Waals surface area (Å²) >= 11 is 0. The van der Waals surface area contributed by atoms with Gasteiger partial charge >= 0.3 is 5.97 Å². The molecule has 1 aliphatic heterocycles. The Morgan fingerprint density at radius 1 is 1.56 bits per heavy atom. The Bertz CT molecular complexity index is 379. The molecule has 0 saturated carbocycles. The molecule has 0 N–H and O–H groups in total. The molecule has 0 amide bonds. The average Bonchev–Trinajstić information content (AvgIpc) is 2.81. The number of allylic oxidation sites excluding steroid dienone is 4. The monoisotopic (exact) mass is 248 g/mol. The molecule has 2 aliphatic rings. The van der Waals surface area contributed by atoms with E-state index in [1.807, 2.05) is 6.08 Å². The number of methoxy groups -OCH3 is 1. The number of carbonyl (C=O) groups excluding carboxylic acids is 1. The van der Waals surface area contributed by atoms with Crippen molar-refractivity contribution in [1.82, 2.24) is 0 Å². The second kappa shape index (κ2) is 6.55. The second-order valence-corrected chi connectivity index (χ2v) is 4.79. The highest BCUT2D eigenvalue weighted by molar-refractivity contribution is 5.77. The fourth-order valence-electron chi connectivity index (χ4n) is 2.52. The van der Waals surface area contributed by atoms with Gasteiger partial charge in [0.2, 0.25) is 0 Å². The van der Waals surface area contributed by atoms with Crippen molar-refractivity contribution in [1.29, 1.82) is 0 Å². The molecular weight excluding hydrogens is 228 g/mol. The third-order valence-corrected chi connectivity index (χ3v) is 3.58. The molecule has 0 spiro atoms. The molecule has 3 nitrogen and oxygen atoms in total. The Kier molecular flexibility index (Phi) is 4.76. The second-order valence-electron chi connectivity index (χ2n) is 4.79. The number of rotatable bonds is 6. The van der Waals surface area contributed by atoms with E-state index in [4.69, 9.17) is 9.47 Å². The summed E-state index contributed by atoms with van der Waals surface area (Å²) in [5.41, 5.74) is 1.43. The van der Waals surface area contributed by atoms with Crippen LogP contribution in [0.1, 0.15) is 25.7 Å². The summed E-state index contributed by atoms with van der Waals surface area (Å²) in [6.45, 7) is 0.733. The lowest BCUT2D eigenvalue weighted by Gasteiger charge is -2.22. The first kappa shape index (κ1) is 13.1. The van der Waals surface area contributed by atoms with Crippen LogP contribution in [-0.4, -0.2) is 19.7 Å². The number of hydrogen-bond donors (Lipinski definition) is 0. The maximum absolute atomic E-state index is 11.5. The summed E-state index contributed by atoms with van der Waals surface area (Å²) < 4.78 is 10.0. The molecule has 1 heterocycles. The van der Waals surface area contributed by atoms with Crippen LogP contribution in [0.4, 0.5) is 0 Å². The lowest BCUT2D eigenvalue weighted by atomic mass is 9.83. The van der Waals surface area contributed by atoms with Crippen LogP contribution in [-0.2, 0) is 14.3 Å². The van der Waals surface area contributed by atoms with Crippen molar-refractivity contribution >= 4 is 5.97 Å². The van der Waals surface area contributed by atoms with Crippen molar-refractivity contribution in [3.05, 3.63) is 36.1 Å². The van der Waals surface area contributed by atoms with E-state index in [1.54, 1.807) is 7.11 Å². The van der Waals surface area contributed by atoms with Gasteiger partial charge in [-0.15, -0.1) is 0 Å². The normalized spacial score (nSPS) is 23.9. The fraction of sp³-hybridized carbons (Fsp3) is 0.533. The molecule has 0 saturated heterocycles. The fourth-order valence-corrected chi connectivity index (χ4v) is 2.52. The quantitative estimate of drug-likeness (QED) is 0.678. The highest BCUT2D eigenvalue weighted by Crippen LogP contribution is 2.31. The van der Waals surface area contributed by atoms with Gasteiger partial charge < -0.3 is 9.47 Å². The first-order chi connectivity index (χ1) is 8.81. The van der Waals surface area contributed by atoms with Crippen molar-refractivity contribution < 1.29 is 14.3 Å². The van der Waals surface area contributed by atoms with E-state index in [2.05, 4.69) is 18.2 Å². The molecule has 0 aromatic heterocycles. The summed E-state index contributed by atoms with van der Waals surface area (Å²) in [5.74, 6) is 0.207. The van der Waals surface area contributed by atoms with E-state index in [1.165, 1.54) is 11.8 Å². The van der Waals surface area contributed by atoms with Crippen molar-refractivity contribution in [3.8, 4) is 0 Å². The Balaban J connectivity index is 2.00. The number of hydrogen-bond acceptors (Lipinski definition) is 3. The molecule has 0 radical (unpaired) electrons. The zero-order valence-corrected chi connectivity index (χ0v) is 10.8. The summed E-state index contributed by atoms with van der Waals surface area (Å²) in [4.78, 5) is 11.5. The molecule has 0 bridgehead atoms. The first-order valence-corrected chi connectivity index (χ1v) is 6.53. The minimum absolute atomic E-state index is 0.0846. The van der Waals surface area contributed by atoms with Gasteiger partial charge in [0.15, 0.2) is 0 Å². The van der Waals surface area contributed by atoms with Crippen LogP contribution in [0.25, 0.3) is 0 Å². The van der Waals surface area contributed by atoms with Gasteiger partial charge in [0.05, 0.1) is 12.2 Å². The van der Waals surface area contributed by atoms with E-state index >= 15 is 0 Å². The van der Waals surface area contributed by atoms with E-state index in [9.17, 15) is 4.79 Å². The SMILES string of the molecule is COCCC(CC1C=COC1=O)C1=CC=CCC1. The molecule has 3 heteroatoms.